The summed E-state index contributed by atoms with van der Waals surface area (Å²) in [6.07, 6.45) is 0.448. The third-order valence-corrected chi connectivity index (χ3v) is 5.14. The Morgan fingerprint density at radius 3 is 3.00 bits per heavy atom. The van der Waals surface area contributed by atoms with Gasteiger partial charge >= 0.3 is 5.97 Å². The summed E-state index contributed by atoms with van der Waals surface area (Å²) in [6, 6.07) is 7.25. The lowest BCUT2D eigenvalue weighted by atomic mass is 9.74. The van der Waals surface area contributed by atoms with Gasteiger partial charge in [0, 0.05) is 30.1 Å². The van der Waals surface area contributed by atoms with Crippen LogP contribution in [0.1, 0.15) is 6.42 Å². The van der Waals surface area contributed by atoms with Crippen LogP contribution < -0.4 is 4.74 Å². The van der Waals surface area contributed by atoms with E-state index in [4.69, 9.17) is 9.47 Å². The van der Waals surface area contributed by atoms with Crippen LogP contribution in [0, 0.1) is 11.3 Å². The highest BCUT2D eigenvalue weighted by molar-refractivity contribution is 9.10. The lowest BCUT2D eigenvalue weighted by molar-refractivity contribution is -0.157. The smallest absolute Gasteiger partial charge is 0.311 e. The minimum absolute atomic E-state index is 0.0975. The van der Waals surface area contributed by atoms with Gasteiger partial charge in [0.25, 0.3) is 5.91 Å². The molecule has 1 aromatic carbocycles. The van der Waals surface area contributed by atoms with Crippen molar-refractivity contribution in [3.8, 4) is 5.75 Å². The predicted octanol–water partition coefficient (Wildman–Crippen LogP) is 1.78. The second-order valence-electron chi connectivity index (χ2n) is 6.00. The van der Waals surface area contributed by atoms with Crippen molar-refractivity contribution in [2.24, 2.45) is 11.3 Å². The van der Waals surface area contributed by atoms with E-state index in [1.165, 1.54) is 0 Å². The van der Waals surface area contributed by atoms with Crippen molar-refractivity contribution in [2.45, 2.75) is 6.42 Å². The molecule has 1 amide bonds. The van der Waals surface area contributed by atoms with E-state index in [0.717, 1.165) is 4.47 Å². The van der Waals surface area contributed by atoms with Gasteiger partial charge in [0.1, 0.15) is 5.75 Å². The van der Waals surface area contributed by atoms with Crippen LogP contribution in [-0.2, 0) is 14.3 Å². The summed E-state index contributed by atoms with van der Waals surface area (Å²) in [5, 5.41) is 9.61. The van der Waals surface area contributed by atoms with Crippen LogP contribution in [-0.4, -0.2) is 54.8 Å². The third-order valence-electron chi connectivity index (χ3n) is 4.64. The fourth-order valence-electron chi connectivity index (χ4n) is 3.28. The van der Waals surface area contributed by atoms with Crippen molar-refractivity contribution in [2.75, 3.05) is 32.9 Å². The number of carboxylic acid groups (broad SMARTS) is 1. The van der Waals surface area contributed by atoms with Crippen molar-refractivity contribution < 1.29 is 24.2 Å². The molecule has 0 bridgehead atoms. The van der Waals surface area contributed by atoms with Gasteiger partial charge in [0.05, 0.1) is 12.0 Å². The minimum atomic E-state index is -0.871. The van der Waals surface area contributed by atoms with E-state index >= 15 is 0 Å². The Labute approximate surface area is 142 Å². The Morgan fingerprint density at radius 2 is 2.30 bits per heavy atom. The van der Waals surface area contributed by atoms with Gasteiger partial charge in [0.2, 0.25) is 0 Å². The third kappa shape index (κ3) is 3.21. The van der Waals surface area contributed by atoms with Crippen LogP contribution in [0.3, 0.4) is 0 Å². The number of amides is 1. The van der Waals surface area contributed by atoms with E-state index in [9.17, 15) is 14.7 Å². The molecule has 23 heavy (non-hydrogen) atoms. The van der Waals surface area contributed by atoms with Crippen LogP contribution in [0.5, 0.6) is 5.75 Å². The molecule has 3 rings (SSSR count). The number of likely N-dealkylation sites (tertiary alicyclic amines) is 1. The fraction of sp³-hybridized carbons (Fsp3) is 0.500. The summed E-state index contributed by atoms with van der Waals surface area (Å²) >= 11 is 3.35. The van der Waals surface area contributed by atoms with E-state index in [1.807, 2.05) is 12.1 Å². The maximum absolute atomic E-state index is 12.4. The molecule has 2 atom stereocenters. The zero-order chi connectivity index (χ0) is 16.4. The molecule has 2 aliphatic heterocycles. The van der Waals surface area contributed by atoms with Crippen molar-refractivity contribution >= 4 is 27.8 Å². The second kappa shape index (κ2) is 6.49. The second-order valence-corrected chi connectivity index (χ2v) is 6.92. The highest BCUT2D eigenvalue weighted by atomic mass is 79.9. The highest BCUT2D eigenvalue weighted by Gasteiger charge is 2.54. The number of carboxylic acids is 1. The number of rotatable bonds is 4. The van der Waals surface area contributed by atoms with Crippen LogP contribution in [0.2, 0.25) is 0 Å². The van der Waals surface area contributed by atoms with Crippen molar-refractivity contribution in [1.29, 1.82) is 0 Å². The Balaban J connectivity index is 1.63. The molecule has 2 heterocycles. The zero-order valence-electron chi connectivity index (χ0n) is 12.5. The van der Waals surface area contributed by atoms with Crippen molar-refractivity contribution in [1.82, 2.24) is 4.90 Å². The average molecular weight is 384 g/mol. The first kappa shape index (κ1) is 16.3. The molecule has 7 heteroatoms. The first-order valence-electron chi connectivity index (χ1n) is 7.48. The molecule has 2 saturated heterocycles. The van der Waals surface area contributed by atoms with E-state index in [2.05, 4.69) is 15.9 Å². The molecule has 1 N–H and O–H groups in total. The van der Waals surface area contributed by atoms with Gasteiger partial charge in [-0.1, -0.05) is 22.0 Å². The van der Waals surface area contributed by atoms with Crippen LogP contribution in [0.25, 0.3) is 0 Å². The monoisotopic (exact) mass is 383 g/mol. The molecule has 0 aromatic heterocycles. The van der Waals surface area contributed by atoms with Gasteiger partial charge in [-0.25, -0.2) is 0 Å². The number of carbonyl (C=O) groups is 2. The topological polar surface area (TPSA) is 76.1 Å². The molecule has 0 saturated carbocycles. The lowest BCUT2D eigenvalue weighted by Crippen LogP contribution is -2.45. The summed E-state index contributed by atoms with van der Waals surface area (Å²) in [7, 11) is 0. The summed E-state index contributed by atoms with van der Waals surface area (Å²) in [5.74, 6) is -0.585. The van der Waals surface area contributed by atoms with Gasteiger partial charge in [-0.3, -0.25) is 9.59 Å². The van der Waals surface area contributed by atoms with Gasteiger partial charge in [-0.2, -0.15) is 0 Å². The number of hydrogen-bond donors (Lipinski definition) is 1. The number of fused-ring (bicyclic) bond motifs is 1. The molecule has 0 unspecified atom stereocenters. The van der Waals surface area contributed by atoms with Crippen LogP contribution >= 0.6 is 15.9 Å². The molecule has 0 spiro atoms. The maximum atomic E-state index is 12.4. The molecule has 2 fully saturated rings. The predicted molar refractivity (Wildman–Crippen MR) is 85.2 cm³/mol. The first-order chi connectivity index (χ1) is 11.0. The van der Waals surface area contributed by atoms with E-state index in [-0.39, 0.29) is 25.0 Å². The standard InChI is InChI=1S/C16H18BrNO5/c17-12-2-1-3-13(6-12)23-9-14(19)18-7-11-8-22-5-4-16(11,10-18)15(20)21/h1-3,6,11H,4-5,7-10H2,(H,20,21)/t11-,16+/m0/s1. The Bertz CT molecular complexity index is 622. The Morgan fingerprint density at radius 1 is 1.48 bits per heavy atom. The number of benzene rings is 1. The molecule has 0 aliphatic carbocycles. The Kier molecular flexibility index (Phi) is 4.59. The number of aliphatic carboxylic acids is 1. The number of nitrogens with zero attached hydrogens (tertiary/aromatic N) is 1. The molecule has 1 aromatic rings. The lowest BCUT2D eigenvalue weighted by Gasteiger charge is -2.33. The van der Waals surface area contributed by atoms with Gasteiger partial charge < -0.3 is 19.5 Å². The molecular formula is C16H18BrNO5. The van der Waals surface area contributed by atoms with Gasteiger partial charge in [0.15, 0.2) is 6.61 Å². The molecule has 2 aliphatic rings. The quantitative estimate of drug-likeness (QED) is 0.857. The Hall–Kier alpha value is -1.60. The first-order valence-corrected chi connectivity index (χ1v) is 8.28. The van der Waals surface area contributed by atoms with Crippen molar-refractivity contribution in [3.05, 3.63) is 28.7 Å². The van der Waals surface area contributed by atoms with Crippen molar-refractivity contribution in [3.63, 3.8) is 0 Å². The van der Waals surface area contributed by atoms with E-state index < -0.39 is 11.4 Å². The number of carbonyl (C=O) groups excluding carboxylic acids is 1. The molecule has 0 radical (unpaired) electrons. The number of ether oxygens (including phenoxy) is 2. The molecular weight excluding hydrogens is 366 g/mol. The van der Waals surface area contributed by atoms with Gasteiger partial charge in [-0.15, -0.1) is 0 Å². The normalized spacial score (nSPS) is 26.7. The number of hydrogen-bond acceptors (Lipinski definition) is 4. The number of halogens is 1. The maximum Gasteiger partial charge on any atom is 0.311 e. The van der Waals surface area contributed by atoms with E-state index in [0.29, 0.717) is 31.9 Å². The van der Waals surface area contributed by atoms with Crippen LogP contribution in [0.4, 0.5) is 0 Å². The fourth-order valence-corrected chi connectivity index (χ4v) is 3.66. The van der Waals surface area contributed by atoms with Crippen LogP contribution in [0.15, 0.2) is 28.7 Å². The average Bonchev–Trinajstić information content (AvgIpc) is 2.94. The summed E-state index contributed by atoms with van der Waals surface area (Å²) in [6.45, 7) is 1.37. The zero-order valence-corrected chi connectivity index (χ0v) is 14.1. The largest absolute Gasteiger partial charge is 0.484 e. The minimum Gasteiger partial charge on any atom is -0.484 e. The molecule has 124 valence electrons. The highest BCUT2D eigenvalue weighted by Crippen LogP contribution is 2.42. The SMILES string of the molecule is O=C(COc1cccc(Br)c1)N1C[C@H]2COCC[C@@]2(C(=O)O)C1. The van der Waals surface area contributed by atoms with Gasteiger partial charge in [-0.05, 0) is 24.6 Å². The molecule has 6 nitrogen and oxygen atoms in total. The summed E-state index contributed by atoms with van der Waals surface area (Å²) in [4.78, 5) is 25.7. The summed E-state index contributed by atoms with van der Waals surface area (Å²) in [5.41, 5.74) is -0.871. The summed E-state index contributed by atoms with van der Waals surface area (Å²) < 4.78 is 11.8. The van der Waals surface area contributed by atoms with E-state index in [1.54, 1.807) is 17.0 Å².